The number of morpholine rings is 1. The predicted octanol–water partition coefficient (Wildman–Crippen LogP) is 3.19. The Kier molecular flexibility index (Phi) is 5.87. The zero-order valence-corrected chi connectivity index (χ0v) is 16.9. The van der Waals surface area contributed by atoms with Crippen LogP contribution in [0.15, 0.2) is 27.4 Å². The van der Waals surface area contributed by atoms with E-state index in [0.29, 0.717) is 42.7 Å². The molecule has 2 aromatic rings. The van der Waals surface area contributed by atoms with E-state index in [9.17, 15) is 4.79 Å². The topological polar surface area (TPSA) is 55.2 Å². The Labute approximate surface area is 166 Å². The molecule has 4 rings (SSSR count). The molecule has 0 radical (unpaired) electrons. The number of piperidine rings is 1. The Morgan fingerprint density at radius 1 is 1.18 bits per heavy atom. The van der Waals surface area contributed by atoms with Crippen molar-refractivity contribution in [1.29, 1.82) is 0 Å². The van der Waals surface area contributed by atoms with Gasteiger partial charge in [0, 0.05) is 37.3 Å². The van der Waals surface area contributed by atoms with Crippen LogP contribution >= 0.6 is 0 Å². The molecular weight excluding hydrogens is 356 g/mol. The summed E-state index contributed by atoms with van der Waals surface area (Å²) in [5, 5.41) is 0.603. The summed E-state index contributed by atoms with van der Waals surface area (Å²) in [7, 11) is 0. The minimum absolute atomic E-state index is 0.0143. The lowest BCUT2D eigenvalue weighted by Gasteiger charge is -2.33. The molecule has 1 aromatic heterocycles. The summed E-state index contributed by atoms with van der Waals surface area (Å²) < 4.78 is 17.6. The van der Waals surface area contributed by atoms with Crippen LogP contribution in [0.2, 0.25) is 0 Å². The maximum Gasteiger partial charge on any atom is 0.200 e. The van der Waals surface area contributed by atoms with Gasteiger partial charge in [0.05, 0.1) is 18.6 Å². The van der Waals surface area contributed by atoms with Crippen LogP contribution in [-0.2, 0) is 4.74 Å². The van der Waals surface area contributed by atoms with Crippen LogP contribution in [0.5, 0.6) is 5.75 Å². The van der Waals surface area contributed by atoms with Crippen LogP contribution in [0.3, 0.4) is 0 Å². The van der Waals surface area contributed by atoms with Crippen LogP contribution in [-0.4, -0.2) is 56.9 Å². The van der Waals surface area contributed by atoms with Gasteiger partial charge in [0.2, 0.25) is 0 Å². The van der Waals surface area contributed by atoms with E-state index in [2.05, 4.69) is 16.7 Å². The van der Waals surface area contributed by atoms with Crippen molar-refractivity contribution in [2.24, 2.45) is 0 Å². The third kappa shape index (κ3) is 4.03. The van der Waals surface area contributed by atoms with Crippen molar-refractivity contribution < 1.29 is 13.9 Å². The summed E-state index contributed by atoms with van der Waals surface area (Å²) in [5.41, 5.74) is 1.49. The number of rotatable bonds is 5. The fourth-order valence-electron chi connectivity index (χ4n) is 4.18. The van der Waals surface area contributed by atoms with Gasteiger partial charge < -0.3 is 18.8 Å². The third-order valence-corrected chi connectivity index (χ3v) is 5.98. The lowest BCUT2D eigenvalue weighted by molar-refractivity contribution is 0.121. The van der Waals surface area contributed by atoms with Crippen molar-refractivity contribution in [2.75, 3.05) is 50.9 Å². The number of fused-ring (bicyclic) bond motifs is 1. The average Bonchev–Trinajstić information content (AvgIpc) is 2.72. The second-order valence-electron chi connectivity index (χ2n) is 7.84. The first-order chi connectivity index (χ1) is 13.6. The molecule has 28 heavy (non-hydrogen) atoms. The van der Waals surface area contributed by atoms with Crippen LogP contribution in [0.25, 0.3) is 11.0 Å². The number of nitrogens with zero attached hydrogens (tertiary/aromatic N) is 2. The first-order valence-corrected chi connectivity index (χ1v) is 10.4. The van der Waals surface area contributed by atoms with Gasteiger partial charge in [-0.2, -0.15) is 0 Å². The minimum atomic E-state index is -0.0143. The van der Waals surface area contributed by atoms with Crippen molar-refractivity contribution >= 4 is 16.9 Å². The molecule has 152 valence electrons. The van der Waals surface area contributed by atoms with Crippen molar-refractivity contribution in [1.82, 2.24) is 4.90 Å². The van der Waals surface area contributed by atoms with Crippen LogP contribution < -0.4 is 15.1 Å². The molecule has 2 saturated heterocycles. The Morgan fingerprint density at radius 2 is 2.00 bits per heavy atom. The number of ether oxygens (including phenoxy) is 2. The van der Waals surface area contributed by atoms with E-state index in [1.807, 2.05) is 19.1 Å². The standard InChI is InChI=1S/C22H30N2O4/c1-16-5-3-4-8-23(16)11-14-27-20-7-6-18-19(25)15-21(28-22(18)17(20)2)24-9-12-26-13-10-24/h6-7,15-16H,3-5,8-14H2,1-2H3. The van der Waals surface area contributed by atoms with E-state index < -0.39 is 0 Å². The highest BCUT2D eigenvalue weighted by atomic mass is 16.5. The number of anilines is 1. The molecule has 1 unspecified atom stereocenters. The smallest absolute Gasteiger partial charge is 0.200 e. The van der Waals surface area contributed by atoms with Gasteiger partial charge in [-0.25, -0.2) is 0 Å². The fraction of sp³-hybridized carbons (Fsp3) is 0.591. The highest BCUT2D eigenvalue weighted by Gasteiger charge is 2.19. The molecule has 6 nitrogen and oxygen atoms in total. The molecule has 0 N–H and O–H groups in total. The summed E-state index contributed by atoms with van der Waals surface area (Å²) in [6, 6.07) is 5.92. The summed E-state index contributed by atoms with van der Waals surface area (Å²) >= 11 is 0. The lowest BCUT2D eigenvalue weighted by atomic mass is 10.0. The normalized spacial score (nSPS) is 21.2. The molecule has 2 aliphatic heterocycles. The molecule has 2 fully saturated rings. The zero-order valence-electron chi connectivity index (χ0n) is 16.9. The molecule has 1 aromatic carbocycles. The number of likely N-dealkylation sites (tertiary alicyclic amines) is 1. The largest absolute Gasteiger partial charge is 0.492 e. The molecule has 0 spiro atoms. The van der Waals surface area contributed by atoms with Crippen molar-refractivity contribution in [3.63, 3.8) is 0 Å². The van der Waals surface area contributed by atoms with E-state index in [-0.39, 0.29) is 5.43 Å². The quantitative estimate of drug-likeness (QED) is 0.787. The van der Waals surface area contributed by atoms with Gasteiger partial charge in [0.25, 0.3) is 0 Å². The predicted molar refractivity (Wildman–Crippen MR) is 111 cm³/mol. The molecule has 6 heteroatoms. The van der Waals surface area contributed by atoms with Crippen LogP contribution in [0, 0.1) is 6.92 Å². The summed E-state index contributed by atoms with van der Waals surface area (Å²) in [4.78, 5) is 17.2. The molecular formula is C22H30N2O4. The van der Waals surface area contributed by atoms with Crippen LogP contribution in [0.1, 0.15) is 31.7 Å². The first-order valence-electron chi connectivity index (χ1n) is 10.4. The maximum atomic E-state index is 12.6. The van der Waals surface area contributed by atoms with Crippen molar-refractivity contribution in [2.45, 2.75) is 39.2 Å². The highest BCUT2D eigenvalue weighted by Crippen LogP contribution is 2.29. The molecule has 3 heterocycles. The molecule has 0 amide bonds. The Morgan fingerprint density at radius 3 is 2.79 bits per heavy atom. The van der Waals surface area contributed by atoms with Gasteiger partial charge in [0.15, 0.2) is 11.3 Å². The summed E-state index contributed by atoms with van der Waals surface area (Å²) in [5.74, 6) is 1.41. The Balaban J connectivity index is 1.52. The van der Waals surface area contributed by atoms with Gasteiger partial charge >= 0.3 is 0 Å². The summed E-state index contributed by atoms with van der Waals surface area (Å²) in [6.07, 6.45) is 3.87. The van der Waals surface area contributed by atoms with E-state index >= 15 is 0 Å². The second kappa shape index (κ2) is 8.53. The SMILES string of the molecule is Cc1c(OCCN2CCCCC2C)ccc2c(=O)cc(N3CCOCC3)oc12. The second-order valence-corrected chi connectivity index (χ2v) is 7.84. The molecule has 0 bridgehead atoms. The average molecular weight is 386 g/mol. The molecule has 0 aliphatic carbocycles. The number of benzene rings is 1. The summed E-state index contributed by atoms with van der Waals surface area (Å²) in [6.45, 7) is 9.75. The Hall–Kier alpha value is -2.05. The van der Waals surface area contributed by atoms with E-state index in [1.165, 1.54) is 19.3 Å². The van der Waals surface area contributed by atoms with E-state index in [4.69, 9.17) is 13.9 Å². The molecule has 0 saturated carbocycles. The van der Waals surface area contributed by atoms with E-state index in [0.717, 1.165) is 37.5 Å². The lowest BCUT2D eigenvalue weighted by Crippen LogP contribution is -2.39. The maximum absolute atomic E-state index is 12.6. The van der Waals surface area contributed by atoms with Crippen molar-refractivity contribution in [3.8, 4) is 5.75 Å². The molecule has 2 aliphatic rings. The third-order valence-electron chi connectivity index (χ3n) is 5.98. The number of hydrogen-bond acceptors (Lipinski definition) is 6. The van der Waals surface area contributed by atoms with Crippen molar-refractivity contribution in [3.05, 3.63) is 34.0 Å². The van der Waals surface area contributed by atoms with Gasteiger partial charge in [0.1, 0.15) is 17.9 Å². The Bertz CT molecular complexity index is 873. The van der Waals surface area contributed by atoms with Gasteiger partial charge in [-0.05, 0) is 45.4 Å². The zero-order chi connectivity index (χ0) is 19.5. The number of hydrogen-bond donors (Lipinski definition) is 0. The number of aryl methyl sites for hydroxylation is 1. The van der Waals surface area contributed by atoms with Gasteiger partial charge in [-0.1, -0.05) is 6.42 Å². The first kappa shape index (κ1) is 19.3. The molecule has 1 atom stereocenters. The van der Waals surface area contributed by atoms with Gasteiger partial charge in [-0.3, -0.25) is 9.69 Å². The van der Waals surface area contributed by atoms with E-state index in [1.54, 1.807) is 6.07 Å². The van der Waals surface area contributed by atoms with Crippen LogP contribution in [0.4, 0.5) is 5.88 Å². The monoisotopic (exact) mass is 386 g/mol. The highest BCUT2D eigenvalue weighted by molar-refractivity contribution is 5.82. The minimum Gasteiger partial charge on any atom is -0.492 e. The van der Waals surface area contributed by atoms with Gasteiger partial charge in [-0.15, -0.1) is 0 Å². The fourth-order valence-corrected chi connectivity index (χ4v) is 4.18.